The van der Waals surface area contributed by atoms with Crippen LogP contribution in [0.15, 0.2) is 60.2 Å². The maximum absolute atomic E-state index is 12.7. The standard InChI is InChI=1S/C28H26ClN3O5/c1-17-9-10-22(18(2)11-17)32-28(34)20(15-30)12-19-13-21(29)27(25(14-19)36-4)37-16-26(33)31-23-7-5-6-8-24(23)35-3/h5-14H,16H2,1-4H3,(H,31,33)(H,32,34)/b20-12+. The number of carbonyl (C=O) groups excluding carboxylic acids is 2. The van der Waals surface area contributed by atoms with Gasteiger partial charge < -0.3 is 24.8 Å². The molecule has 37 heavy (non-hydrogen) atoms. The number of aryl methyl sites for hydroxylation is 2. The van der Waals surface area contributed by atoms with Crippen molar-refractivity contribution < 1.29 is 23.8 Å². The van der Waals surface area contributed by atoms with Crippen LogP contribution < -0.4 is 24.8 Å². The van der Waals surface area contributed by atoms with Gasteiger partial charge in [-0.05, 0) is 61.4 Å². The number of hydrogen-bond donors (Lipinski definition) is 2. The Morgan fingerprint density at radius 1 is 0.973 bits per heavy atom. The Bertz CT molecular complexity index is 1400. The van der Waals surface area contributed by atoms with Crippen molar-refractivity contribution in [2.45, 2.75) is 13.8 Å². The van der Waals surface area contributed by atoms with Crippen molar-refractivity contribution in [1.29, 1.82) is 5.26 Å². The van der Waals surface area contributed by atoms with Crippen LogP contribution in [0, 0.1) is 25.2 Å². The highest BCUT2D eigenvalue weighted by Crippen LogP contribution is 2.37. The van der Waals surface area contributed by atoms with Gasteiger partial charge in [-0.25, -0.2) is 0 Å². The van der Waals surface area contributed by atoms with Crippen LogP contribution in [0.4, 0.5) is 11.4 Å². The quantitative estimate of drug-likeness (QED) is 0.284. The minimum absolute atomic E-state index is 0.122. The van der Waals surface area contributed by atoms with E-state index >= 15 is 0 Å². The summed E-state index contributed by atoms with van der Waals surface area (Å²) < 4.78 is 16.2. The Labute approximate surface area is 220 Å². The molecular weight excluding hydrogens is 494 g/mol. The van der Waals surface area contributed by atoms with Crippen LogP contribution in [0.3, 0.4) is 0 Å². The number of nitrogens with one attached hydrogen (secondary N) is 2. The molecule has 0 radical (unpaired) electrons. The van der Waals surface area contributed by atoms with E-state index in [0.717, 1.165) is 11.1 Å². The van der Waals surface area contributed by atoms with Crippen molar-refractivity contribution >= 4 is 40.9 Å². The average Bonchev–Trinajstić information content (AvgIpc) is 2.88. The number of nitriles is 1. The van der Waals surface area contributed by atoms with Crippen molar-refractivity contribution in [3.63, 3.8) is 0 Å². The van der Waals surface area contributed by atoms with E-state index in [1.807, 2.05) is 32.0 Å². The lowest BCUT2D eigenvalue weighted by Crippen LogP contribution is -2.20. The number of para-hydroxylation sites is 2. The zero-order chi connectivity index (χ0) is 26.9. The molecule has 0 aromatic heterocycles. The summed E-state index contributed by atoms with van der Waals surface area (Å²) in [5, 5.41) is 15.2. The number of carbonyl (C=O) groups is 2. The molecule has 3 aromatic rings. The minimum atomic E-state index is -0.558. The number of benzene rings is 3. The van der Waals surface area contributed by atoms with Gasteiger partial charge >= 0.3 is 0 Å². The van der Waals surface area contributed by atoms with Gasteiger partial charge in [0.1, 0.15) is 17.4 Å². The van der Waals surface area contributed by atoms with Crippen molar-refractivity contribution in [2.24, 2.45) is 0 Å². The van der Waals surface area contributed by atoms with Crippen LogP contribution in [0.2, 0.25) is 5.02 Å². The molecule has 3 aromatic carbocycles. The predicted molar refractivity (Wildman–Crippen MR) is 143 cm³/mol. The van der Waals surface area contributed by atoms with E-state index in [2.05, 4.69) is 10.6 Å². The summed E-state index contributed by atoms with van der Waals surface area (Å²) >= 11 is 6.41. The molecule has 2 N–H and O–H groups in total. The number of methoxy groups -OCH3 is 2. The molecule has 9 heteroatoms. The molecular formula is C28H26ClN3O5. The van der Waals surface area contributed by atoms with Gasteiger partial charge in [-0.2, -0.15) is 5.26 Å². The maximum Gasteiger partial charge on any atom is 0.266 e. The van der Waals surface area contributed by atoms with E-state index in [0.29, 0.717) is 22.7 Å². The minimum Gasteiger partial charge on any atom is -0.495 e. The molecule has 0 saturated heterocycles. The number of anilines is 2. The molecule has 2 amide bonds. The van der Waals surface area contributed by atoms with Crippen LogP contribution in [-0.4, -0.2) is 32.6 Å². The molecule has 0 atom stereocenters. The number of ether oxygens (including phenoxy) is 3. The molecule has 3 rings (SSSR count). The summed E-state index contributed by atoms with van der Waals surface area (Å²) in [5.41, 5.74) is 3.38. The fourth-order valence-corrected chi connectivity index (χ4v) is 3.77. The number of hydrogen-bond acceptors (Lipinski definition) is 6. The van der Waals surface area contributed by atoms with Gasteiger partial charge in [-0.1, -0.05) is 41.4 Å². The molecule has 0 aliphatic heterocycles. The Morgan fingerprint density at radius 2 is 1.70 bits per heavy atom. The molecule has 0 heterocycles. The van der Waals surface area contributed by atoms with Crippen LogP contribution in [-0.2, 0) is 9.59 Å². The largest absolute Gasteiger partial charge is 0.495 e. The smallest absolute Gasteiger partial charge is 0.266 e. The average molecular weight is 520 g/mol. The van der Waals surface area contributed by atoms with Gasteiger partial charge in [0.25, 0.3) is 11.8 Å². The zero-order valence-electron chi connectivity index (χ0n) is 20.8. The molecule has 0 aliphatic rings. The Kier molecular flexibility index (Phi) is 9.14. The van der Waals surface area contributed by atoms with Gasteiger partial charge in [0.15, 0.2) is 18.1 Å². The number of rotatable bonds is 9. The number of nitrogens with zero attached hydrogens (tertiary/aromatic N) is 1. The summed E-state index contributed by atoms with van der Waals surface area (Å²) in [4.78, 5) is 25.1. The first-order valence-electron chi connectivity index (χ1n) is 11.2. The molecule has 0 fully saturated rings. The van der Waals surface area contributed by atoms with Crippen LogP contribution in [0.5, 0.6) is 17.2 Å². The second-order valence-corrected chi connectivity index (χ2v) is 8.42. The summed E-state index contributed by atoms with van der Waals surface area (Å²) in [6, 6.07) is 17.6. The van der Waals surface area contributed by atoms with Gasteiger partial charge in [-0.15, -0.1) is 0 Å². The van der Waals surface area contributed by atoms with E-state index < -0.39 is 11.8 Å². The summed E-state index contributed by atoms with van der Waals surface area (Å²) in [6.07, 6.45) is 1.39. The molecule has 0 aliphatic carbocycles. The van der Waals surface area contributed by atoms with Gasteiger partial charge in [0.05, 0.1) is 24.9 Å². The van der Waals surface area contributed by atoms with E-state index in [-0.39, 0.29) is 28.7 Å². The maximum atomic E-state index is 12.7. The Hall–Kier alpha value is -4.48. The first-order chi connectivity index (χ1) is 17.7. The van der Waals surface area contributed by atoms with E-state index in [1.165, 1.54) is 26.4 Å². The Morgan fingerprint density at radius 3 is 2.38 bits per heavy atom. The molecule has 0 unspecified atom stereocenters. The van der Waals surface area contributed by atoms with Crippen LogP contribution >= 0.6 is 11.6 Å². The van der Waals surface area contributed by atoms with Gasteiger partial charge in [0, 0.05) is 5.69 Å². The molecule has 8 nitrogen and oxygen atoms in total. The Balaban J connectivity index is 1.75. The van der Waals surface area contributed by atoms with Crippen molar-refractivity contribution in [3.05, 3.63) is 81.9 Å². The second-order valence-electron chi connectivity index (χ2n) is 8.01. The van der Waals surface area contributed by atoms with Gasteiger partial charge in [0.2, 0.25) is 0 Å². The van der Waals surface area contributed by atoms with Crippen LogP contribution in [0.25, 0.3) is 6.08 Å². The molecule has 190 valence electrons. The first-order valence-corrected chi connectivity index (χ1v) is 11.6. The predicted octanol–water partition coefficient (Wildman–Crippen LogP) is 5.54. The molecule has 0 spiro atoms. The monoisotopic (exact) mass is 519 g/mol. The lowest BCUT2D eigenvalue weighted by atomic mass is 10.1. The van der Waals surface area contributed by atoms with Crippen molar-refractivity contribution in [2.75, 3.05) is 31.5 Å². The lowest BCUT2D eigenvalue weighted by Gasteiger charge is -2.14. The highest BCUT2D eigenvalue weighted by Gasteiger charge is 2.16. The van der Waals surface area contributed by atoms with Gasteiger partial charge in [-0.3, -0.25) is 9.59 Å². The van der Waals surface area contributed by atoms with Crippen molar-refractivity contribution in [1.82, 2.24) is 0 Å². The summed E-state index contributed by atoms with van der Waals surface area (Å²) in [7, 11) is 2.92. The highest BCUT2D eigenvalue weighted by atomic mass is 35.5. The second kappa shape index (κ2) is 12.5. The van der Waals surface area contributed by atoms with Crippen LogP contribution in [0.1, 0.15) is 16.7 Å². The van der Waals surface area contributed by atoms with E-state index in [1.54, 1.807) is 36.4 Å². The summed E-state index contributed by atoms with van der Waals surface area (Å²) in [6.45, 7) is 3.49. The first kappa shape index (κ1) is 27.1. The normalized spacial score (nSPS) is 10.8. The SMILES string of the molecule is COc1ccccc1NC(=O)COc1c(Cl)cc(/C=C(\C#N)C(=O)Nc2ccc(C)cc2C)cc1OC. The van der Waals surface area contributed by atoms with E-state index in [9.17, 15) is 14.9 Å². The van der Waals surface area contributed by atoms with Crippen molar-refractivity contribution in [3.8, 4) is 23.3 Å². The third-order valence-corrected chi connectivity index (χ3v) is 5.57. The number of amides is 2. The third kappa shape index (κ3) is 7.03. The highest BCUT2D eigenvalue weighted by molar-refractivity contribution is 6.32. The fraction of sp³-hybridized carbons (Fsp3) is 0.179. The third-order valence-electron chi connectivity index (χ3n) is 5.29. The zero-order valence-corrected chi connectivity index (χ0v) is 21.6. The molecule has 0 bridgehead atoms. The fourth-order valence-electron chi connectivity index (χ4n) is 3.49. The molecule has 0 saturated carbocycles. The lowest BCUT2D eigenvalue weighted by molar-refractivity contribution is -0.118. The topological polar surface area (TPSA) is 110 Å². The number of halogens is 1. The summed E-state index contributed by atoms with van der Waals surface area (Å²) in [5.74, 6) is -0.0950. The van der Waals surface area contributed by atoms with E-state index in [4.69, 9.17) is 25.8 Å².